The standard InChI is InChI=1S/C10H8FNO2/c1-7-5-8(11)6-12-9(7)3-2-4-10(13)14/h5-6H,4H2,1H3,(H,13,14). The van der Waals surface area contributed by atoms with E-state index in [-0.39, 0.29) is 6.42 Å². The van der Waals surface area contributed by atoms with Crippen LogP contribution in [0.1, 0.15) is 17.7 Å². The molecule has 0 saturated heterocycles. The van der Waals surface area contributed by atoms with Gasteiger partial charge in [0, 0.05) is 0 Å². The van der Waals surface area contributed by atoms with E-state index in [4.69, 9.17) is 5.11 Å². The highest BCUT2D eigenvalue weighted by Crippen LogP contribution is 2.04. The van der Waals surface area contributed by atoms with E-state index in [0.717, 1.165) is 6.20 Å². The van der Waals surface area contributed by atoms with Gasteiger partial charge in [-0.1, -0.05) is 5.92 Å². The van der Waals surface area contributed by atoms with Gasteiger partial charge in [0.05, 0.1) is 6.20 Å². The van der Waals surface area contributed by atoms with Crippen LogP contribution < -0.4 is 0 Å². The summed E-state index contributed by atoms with van der Waals surface area (Å²) in [5, 5.41) is 8.32. The van der Waals surface area contributed by atoms with Gasteiger partial charge in [-0.15, -0.1) is 0 Å². The number of carbonyl (C=O) groups is 1. The van der Waals surface area contributed by atoms with Crippen molar-refractivity contribution in [2.75, 3.05) is 0 Å². The van der Waals surface area contributed by atoms with Crippen LogP contribution in [0.15, 0.2) is 12.3 Å². The van der Waals surface area contributed by atoms with Crippen molar-refractivity contribution >= 4 is 5.97 Å². The molecule has 0 aliphatic rings. The van der Waals surface area contributed by atoms with Crippen molar-refractivity contribution in [1.82, 2.24) is 4.98 Å². The quantitative estimate of drug-likeness (QED) is 0.685. The number of aliphatic carboxylic acids is 1. The van der Waals surface area contributed by atoms with Gasteiger partial charge in [-0.3, -0.25) is 4.79 Å². The molecule has 0 saturated carbocycles. The lowest BCUT2D eigenvalue weighted by molar-refractivity contribution is -0.135. The first-order valence-electron chi connectivity index (χ1n) is 3.92. The Hall–Kier alpha value is -1.89. The van der Waals surface area contributed by atoms with Crippen molar-refractivity contribution in [2.45, 2.75) is 13.3 Å². The fraction of sp³-hybridized carbons (Fsp3) is 0.200. The molecule has 0 aliphatic carbocycles. The predicted octanol–water partition coefficient (Wildman–Crippen LogP) is 1.36. The highest BCUT2D eigenvalue weighted by atomic mass is 19.1. The molecule has 0 bridgehead atoms. The number of hydrogen-bond donors (Lipinski definition) is 1. The van der Waals surface area contributed by atoms with Gasteiger partial charge in [0.15, 0.2) is 0 Å². The number of aryl methyl sites for hydroxylation is 1. The molecule has 14 heavy (non-hydrogen) atoms. The van der Waals surface area contributed by atoms with Crippen LogP contribution in [-0.2, 0) is 4.79 Å². The van der Waals surface area contributed by atoms with E-state index in [1.807, 2.05) is 0 Å². The Balaban J connectivity index is 2.85. The Kier molecular flexibility index (Phi) is 3.19. The van der Waals surface area contributed by atoms with E-state index in [2.05, 4.69) is 16.8 Å². The number of carboxylic acid groups (broad SMARTS) is 1. The van der Waals surface area contributed by atoms with Crippen molar-refractivity contribution in [3.63, 3.8) is 0 Å². The first kappa shape index (κ1) is 10.2. The fourth-order valence-electron chi connectivity index (χ4n) is 0.875. The van der Waals surface area contributed by atoms with Gasteiger partial charge >= 0.3 is 5.97 Å². The molecule has 0 amide bonds. The van der Waals surface area contributed by atoms with Crippen molar-refractivity contribution in [2.24, 2.45) is 0 Å². The predicted molar refractivity (Wildman–Crippen MR) is 48.1 cm³/mol. The molecule has 0 unspecified atom stereocenters. The number of carboxylic acids is 1. The van der Waals surface area contributed by atoms with Gasteiger partial charge in [0.2, 0.25) is 0 Å². The summed E-state index contributed by atoms with van der Waals surface area (Å²) in [6.07, 6.45) is 0.816. The molecule has 0 aliphatic heterocycles. The minimum absolute atomic E-state index is 0.238. The lowest BCUT2D eigenvalue weighted by Crippen LogP contribution is -1.92. The van der Waals surface area contributed by atoms with E-state index in [0.29, 0.717) is 11.3 Å². The highest BCUT2D eigenvalue weighted by molar-refractivity contribution is 5.70. The molecule has 72 valence electrons. The van der Waals surface area contributed by atoms with Crippen LogP contribution in [0.25, 0.3) is 0 Å². The molecule has 0 aromatic carbocycles. The number of nitrogens with zero attached hydrogens (tertiary/aromatic N) is 1. The molecule has 1 aromatic heterocycles. The molecule has 0 radical (unpaired) electrons. The normalized spacial score (nSPS) is 9.00. The van der Waals surface area contributed by atoms with Crippen LogP contribution in [0, 0.1) is 24.6 Å². The summed E-state index contributed by atoms with van der Waals surface area (Å²) in [5.74, 6) is 3.58. The molecule has 0 fully saturated rings. The highest BCUT2D eigenvalue weighted by Gasteiger charge is 1.97. The maximum absolute atomic E-state index is 12.6. The summed E-state index contributed by atoms with van der Waals surface area (Å²) >= 11 is 0. The van der Waals surface area contributed by atoms with Crippen molar-refractivity contribution in [3.8, 4) is 11.8 Å². The summed E-state index contributed by atoms with van der Waals surface area (Å²) in [7, 11) is 0. The van der Waals surface area contributed by atoms with Crippen molar-refractivity contribution in [3.05, 3.63) is 29.3 Å². The van der Waals surface area contributed by atoms with E-state index in [9.17, 15) is 9.18 Å². The fourth-order valence-corrected chi connectivity index (χ4v) is 0.875. The zero-order valence-electron chi connectivity index (χ0n) is 7.54. The zero-order valence-corrected chi connectivity index (χ0v) is 7.54. The molecule has 1 heterocycles. The smallest absolute Gasteiger partial charge is 0.315 e. The van der Waals surface area contributed by atoms with Gasteiger partial charge in [-0.25, -0.2) is 9.37 Å². The Bertz CT molecular complexity index is 418. The monoisotopic (exact) mass is 193 g/mol. The largest absolute Gasteiger partial charge is 0.481 e. The van der Waals surface area contributed by atoms with E-state index in [1.54, 1.807) is 6.92 Å². The second kappa shape index (κ2) is 4.38. The van der Waals surface area contributed by atoms with E-state index >= 15 is 0 Å². The molecule has 0 atom stereocenters. The third kappa shape index (κ3) is 2.87. The van der Waals surface area contributed by atoms with Crippen LogP contribution in [0.5, 0.6) is 0 Å². The van der Waals surface area contributed by atoms with Gasteiger partial charge in [-0.2, -0.15) is 0 Å². The summed E-state index contributed by atoms with van der Waals surface area (Å²) in [6, 6.07) is 1.30. The van der Waals surface area contributed by atoms with Crippen LogP contribution in [0.3, 0.4) is 0 Å². The Morgan fingerprint density at radius 3 is 3.00 bits per heavy atom. The SMILES string of the molecule is Cc1cc(F)cnc1C#CCC(=O)O. The summed E-state index contributed by atoms with van der Waals surface area (Å²) in [6.45, 7) is 1.67. The maximum Gasteiger partial charge on any atom is 0.315 e. The van der Waals surface area contributed by atoms with Gasteiger partial charge < -0.3 is 5.11 Å². The number of hydrogen-bond acceptors (Lipinski definition) is 2. The average Bonchev–Trinajstić information content (AvgIpc) is 2.08. The third-order valence-corrected chi connectivity index (χ3v) is 1.49. The molecular formula is C10H8FNO2. The van der Waals surface area contributed by atoms with Gasteiger partial charge in [-0.05, 0) is 24.5 Å². The Labute approximate surface area is 80.6 Å². The number of rotatable bonds is 1. The maximum atomic E-state index is 12.6. The molecule has 1 N–H and O–H groups in total. The van der Waals surface area contributed by atoms with E-state index in [1.165, 1.54) is 6.07 Å². The summed E-state index contributed by atoms with van der Waals surface area (Å²) in [4.78, 5) is 13.9. The molecule has 1 aromatic rings. The van der Waals surface area contributed by atoms with Crippen LogP contribution >= 0.6 is 0 Å². The van der Waals surface area contributed by atoms with Crippen LogP contribution in [0.4, 0.5) is 4.39 Å². The first-order valence-corrected chi connectivity index (χ1v) is 3.92. The lowest BCUT2D eigenvalue weighted by Gasteiger charge is -1.95. The summed E-state index contributed by atoms with van der Waals surface area (Å²) < 4.78 is 12.6. The second-order valence-electron chi connectivity index (χ2n) is 2.69. The number of aromatic nitrogens is 1. The lowest BCUT2D eigenvalue weighted by atomic mass is 10.2. The number of halogens is 1. The van der Waals surface area contributed by atoms with Crippen LogP contribution in [0.2, 0.25) is 0 Å². The minimum Gasteiger partial charge on any atom is -0.481 e. The second-order valence-corrected chi connectivity index (χ2v) is 2.69. The Morgan fingerprint density at radius 1 is 1.71 bits per heavy atom. The first-order chi connectivity index (χ1) is 6.59. The molecule has 0 spiro atoms. The van der Waals surface area contributed by atoms with E-state index < -0.39 is 11.8 Å². The average molecular weight is 193 g/mol. The number of pyridine rings is 1. The third-order valence-electron chi connectivity index (χ3n) is 1.49. The van der Waals surface area contributed by atoms with Gasteiger partial charge in [0.1, 0.15) is 17.9 Å². The minimum atomic E-state index is -0.989. The zero-order chi connectivity index (χ0) is 10.6. The molecule has 3 nitrogen and oxygen atoms in total. The van der Waals surface area contributed by atoms with Gasteiger partial charge in [0.25, 0.3) is 0 Å². The Morgan fingerprint density at radius 2 is 2.43 bits per heavy atom. The molecular weight excluding hydrogens is 185 g/mol. The van der Waals surface area contributed by atoms with Crippen molar-refractivity contribution < 1.29 is 14.3 Å². The van der Waals surface area contributed by atoms with Crippen LogP contribution in [-0.4, -0.2) is 16.1 Å². The van der Waals surface area contributed by atoms with Crippen molar-refractivity contribution in [1.29, 1.82) is 0 Å². The molecule has 4 heteroatoms. The summed E-state index contributed by atoms with van der Waals surface area (Å²) in [5.41, 5.74) is 1.01. The molecule has 1 rings (SSSR count). The topological polar surface area (TPSA) is 50.2 Å².